The first-order chi connectivity index (χ1) is 16.9. The van der Waals surface area contributed by atoms with Crippen LogP contribution in [0.15, 0.2) is 47.8 Å². The first-order valence-electron chi connectivity index (χ1n) is 11.0. The van der Waals surface area contributed by atoms with Gasteiger partial charge in [-0.2, -0.15) is 0 Å². The highest BCUT2D eigenvalue weighted by atomic mass is 35.5. The Hall–Kier alpha value is -2.88. The van der Waals surface area contributed by atoms with E-state index in [4.69, 9.17) is 27.9 Å². The quantitative estimate of drug-likeness (QED) is 0.343. The molecule has 2 aromatic carbocycles. The molecule has 0 bridgehead atoms. The number of hydrogen-bond acceptors (Lipinski definition) is 5. The van der Waals surface area contributed by atoms with Crippen LogP contribution in [0.1, 0.15) is 41.2 Å². The smallest absolute Gasteiger partial charge is 0.319 e. The predicted molar refractivity (Wildman–Crippen MR) is 135 cm³/mol. The predicted octanol–water partition coefficient (Wildman–Crippen LogP) is 6.03. The molecule has 1 aromatic heterocycles. The summed E-state index contributed by atoms with van der Waals surface area (Å²) in [6.07, 6.45) is 3.33. The van der Waals surface area contributed by atoms with Crippen molar-refractivity contribution in [3.63, 3.8) is 0 Å². The highest BCUT2D eigenvalue weighted by Crippen LogP contribution is 2.22. The normalized spacial score (nSPS) is 17.5. The lowest BCUT2D eigenvalue weighted by molar-refractivity contribution is 0.0911. The average Bonchev–Trinajstić information content (AvgIpc) is 3.32. The lowest BCUT2D eigenvalue weighted by Crippen LogP contribution is -2.54. The largest absolute Gasteiger partial charge is 0.486 e. The second-order valence-electron chi connectivity index (χ2n) is 8.07. The van der Waals surface area contributed by atoms with Gasteiger partial charge in [-0.15, -0.1) is 11.3 Å². The molecule has 1 fully saturated rings. The van der Waals surface area contributed by atoms with Gasteiger partial charge < -0.3 is 20.7 Å². The number of ether oxygens (including phenoxy) is 1. The van der Waals surface area contributed by atoms with Gasteiger partial charge in [-0.25, -0.2) is 14.2 Å². The summed E-state index contributed by atoms with van der Waals surface area (Å²) < 4.78 is 19.0. The van der Waals surface area contributed by atoms with Crippen molar-refractivity contribution in [1.82, 2.24) is 15.6 Å². The van der Waals surface area contributed by atoms with Crippen LogP contribution in [0.4, 0.5) is 14.9 Å². The van der Waals surface area contributed by atoms with Crippen LogP contribution in [0.25, 0.3) is 0 Å². The van der Waals surface area contributed by atoms with Gasteiger partial charge in [0.1, 0.15) is 28.9 Å². The van der Waals surface area contributed by atoms with E-state index in [9.17, 15) is 14.0 Å². The highest BCUT2D eigenvalue weighted by molar-refractivity contribution is 7.09. The zero-order valence-corrected chi connectivity index (χ0v) is 20.9. The summed E-state index contributed by atoms with van der Waals surface area (Å²) in [6, 6.07) is 10.0. The van der Waals surface area contributed by atoms with Crippen molar-refractivity contribution >= 4 is 52.2 Å². The lowest BCUT2D eigenvalue weighted by Gasteiger charge is -2.32. The van der Waals surface area contributed by atoms with Crippen molar-refractivity contribution in [1.29, 1.82) is 0 Å². The first-order valence-corrected chi connectivity index (χ1v) is 12.7. The number of nitrogens with zero attached hydrogens (tertiary/aromatic N) is 1. The molecule has 4 rings (SSSR count). The third-order valence-electron chi connectivity index (χ3n) is 5.54. The molecule has 0 radical (unpaired) electrons. The molecule has 0 spiro atoms. The fourth-order valence-electron chi connectivity index (χ4n) is 3.79. The zero-order valence-electron chi connectivity index (χ0n) is 18.5. The molecule has 3 aromatic rings. The number of halogens is 3. The van der Waals surface area contributed by atoms with Crippen LogP contribution in [0.3, 0.4) is 0 Å². The van der Waals surface area contributed by atoms with E-state index in [1.165, 1.54) is 29.5 Å². The summed E-state index contributed by atoms with van der Waals surface area (Å²) in [5.74, 6) is -0.203. The number of anilines is 1. The third-order valence-corrected chi connectivity index (χ3v) is 6.90. The van der Waals surface area contributed by atoms with Gasteiger partial charge >= 0.3 is 6.03 Å². The van der Waals surface area contributed by atoms with Crippen LogP contribution in [-0.2, 0) is 6.61 Å². The maximum absolute atomic E-state index is 13.3. The van der Waals surface area contributed by atoms with Crippen LogP contribution >= 0.6 is 34.5 Å². The van der Waals surface area contributed by atoms with Crippen LogP contribution < -0.4 is 20.7 Å². The van der Waals surface area contributed by atoms with E-state index in [1.54, 1.807) is 29.6 Å². The Kier molecular flexibility index (Phi) is 8.43. The van der Waals surface area contributed by atoms with Crippen LogP contribution in [0, 0.1) is 5.82 Å². The number of amides is 3. The topological polar surface area (TPSA) is 92.4 Å². The van der Waals surface area contributed by atoms with E-state index in [2.05, 4.69) is 20.9 Å². The van der Waals surface area contributed by atoms with Gasteiger partial charge in [-0.05, 0) is 55.3 Å². The molecule has 3 amide bonds. The van der Waals surface area contributed by atoms with Gasteiger partial charge in [0.25, 0.3) is 5.91 Å². The molecule has 2 atom stereocenters. The molecule has 184 valence electrons. The Morgan fingerprint density at radius 2 is 1.77 bits per heavy atom. The molecule has 35 heavy (non-hydrogen) atoms. The van der Waals surface area contributed by atoms with Crippen LogP contribution in [0.5, 0.6) is 5.75 Å². The second kappa shape index (κ2) is 11.7. The van der Waals surface area contributed by atoms with E-state index in [-0.39, 0.29) is 29.6 Å². The monoisotopic (exact) mass is 536 g/mol. The number of thiazole rings is 1. The Balaban J connectivity index is 1.31. The Morgan fingerprint density at radius 3 is 2.49 bits per heavy atom. The zero-order chi connectivity index (χ0) is 24.8. The van der Waals surface area contributed by atoms with E-state index < -0.39 is 11.8 Å². The summed E-state index contributed by atoms with van der Waals surface area (Å²) >= 11 is 13.0. The Morgan fingerprint density at radius 1 is 1.06 bits per heavy atom. The minimum absolute atomic E-state index is 0.0770. The van der Waals surface area contributed by atoms with Gasteiger partial charge in [0.2, 0.25) is 0 Å². The molecule has 0 saturated heterocycles. The molecular formula is C24H23Cl2FN4O3S. The van der Waals surface area contributed by atoms with Gasteiger partial charge in [-0.3, -0.25) is 4.79 Å². The first kappa shape index (κ1) is 25.2. The molecule has 0 unspecified atom stereocenters. The van der Waals surface area contributed by atoms with E-state index >= 15 is 0 Å². The van der Waals surface area contributed by atoms with Crippen molar-refractivity contribution in [2.24, 2.45) is 0 Å². The van der Waals surface area contributed by atoms with Crippen molar-refractivity contribution in [2.45, 2.75) is 44.4 Å². The Bertz CT molecular complexity index is 1190. The number of nitrogens with one attached hydrogen (secondary N) is 3. The fraction of sp³-hybridized carbons (Fsp3) is 0.292. The van der Waals surface area contributed by atoms with Crippen LogP contribution in [-0.4, -0.2) is 29.0 Å². The number of urea groups is 1. The summed E-state index contributed by atoms with van der Waals surface area (Å²) in [4.78, 5) is 29.7. The van der Waals surface area contributed by atoms with Crippen molar-refractivity contribution in [3.05, 3.63) is 74.4 Å². The molecule has 11 heteroatoms. The number of aromatic nitrogens is 1. The number of carbonyl (C=O) groups excluding carboxylic acids is 2. The van der Waals surface area contributed by atoms with Crippen LogP contribution in [0.2, 0.25) is 10.0 Å². The Labute approximate surface area is 216 Å². The minimum atomic E-state index is -0.561. The summed E-state index contributed by atoms with van der Waals surface area (Å²) in [5, 5.41) is 11.5. The van der Waals surface area contributed by atoms with E-state index in [1.807, 2.05) is 0 Å². The molecule has 1 aliphatic carbocycles. The van der Waals surface area contributed by atoms with Crippen molar-refractivity contribution < 1.29 is 18.7 Å². The van der Waals surface area contributed by atoms with Gasteiger partial charge in [0.15, 0.2) is 0 Å². The SMILES string of the molecule is O=C(Nc1ccc(F)c(Cl)c1)N[C@H]1CCCC[C@@H]1NC(=O)c1csc(COc2ccc(Cl)cc2)n1. The van der Waals surface area contributed by atoms with Gasteiger partial charge in [0.05, 0.1) is 11.1 Å². The van der Waals surface area contributed by atoms with Crippen molar-refractivity contribution in [3.8, 4) is 5.75 Å². The molecule has 1 saturated carbocycles. The lowest BCUT2D eigenvalue weighted by atomic mass is 9.90. The number of benzene rings is 2. The number of carbonyl (C=O) groups is 2. The van der Waals surface area contributed by atoms with Gasteiger partial charge in [0, 0.05) is 22.1 Å². The second-order valence-corrected chi connectivity index (χ2v) is 9.85. The van der Waals surface area contributed by atoms with Gasteiger partial charge in [-0.1, -0.05) is 36.0 Å². The highest BCUT2D eigenvalue weighted by Gasteiger charge is 2.29. The summed E-state index contributed by atoms with van der Waals surface area (Å²) in [6.45, 7) is 0.237. The molecule has 1 heterocycles. The maximum Gasteiger partial charge on any atom is 0.319 e. The molecular weight excluding hydrogens is 514 g/mol. The number of rotatable bonds is 7. The fourth-order valence-corrected chi connectivity index (χ4v) is 4.78. The van der Waals surface area contributed by atoms with Crippen molar-refractivity contribution in [2.75, 3.05) is 5.32 Å². The molecule has 0 aliphatic heterocycles. The summed E-state index contributed by atoms with van der Waals surface area (Å²) in [5.41, 5.74) is 0.681. The molecule has 1 aliphatic rings. The maximum atomic E-state index is 13.3. The molecule has 7 nitrogen and oxygen atoms in total. The minimum Gasteiger partial charge on any atom is -0.486 e. The third kappa shape index (κ3) is 7.06. The van der Waals surface area contributed by atoms with E-state index in [0.717, 1.165) is 25.7 Å². The number of hydrogen-bond donors (Lipinski definition) is 3. The standard InChI is InChI=1S/C24H23Cl2FN4O3S/c25-14-5-8-16(9-6-14)34-12-22-29-21(13-35-22)23(32)30-19-3-1-2-4-20(19)31-24(33)28-15-7-10-18(27)17(26)11-15/h5-11,13,19-20H,1-4,12H2,(H,30,32)(H2,28,31,33)/t19-,20-/m0/s1. The summed E-state index contributed by atoms with van der Waals surface area (Å²) in [7, 11) is 0. The molecule has 3 N–H and O–H groups in total. The van der Waals surface area contributed by atoms with E-state index in [0.29, 0.717) is 27.2 Å². The average molecular weight is 537 g/mol.